The van der Waals surface area contributed by atoms with Gasteiger partial charge in [-0.05, 0) is 25.3 Å². The molecule has 10 heteroatoms. The van der Waals surface area contributed by atoms with Crippen LogP contribution in [0.3, 0.4) is 0 Å². The second kappa shape index (κ2) is 7.44. The van der Waals surface area contributed by atoms with Crippen LogP contribution in [0.15, 0.2) is 31.6 Å². The van der Waals surface area contributed by atoms with Crippen molar-refractivity contribution in [3.63, 3.8) is 0 Å². The fraction of sp³-hybridized carbons (Fsp3) is 0.412. The maximum atomic E-state index is 12.9. The Hall–Kier alpha value is -1.59. The first-order valence-corrected chi connectivity index (χ1v) is 11.8. The zero-order valence-electron chi connectivity index (χ0n) is 15.1. The van der Waals surface area contributed by atoms with Crippen LogP contribution >= 0.6 is 22.7 Å². The minimum atomic E-state index is -3.56. The first-order chi connectivity index (χ1) is 12.9. The lowest BCUT2D eigenvalue weighted by Gasteiger charge is -2.33. The summed E-state index contributed by atoms with van der Waals surface area (Å²) in [5.41, 5.74) is 2.60. The first kappa shape index (κ1) is 18.8. The molecule has 0 saturated carbocycles. The summed E-state index contributed by atoms with van der Waals surface area (Å²) in [6.45, 7) is 6.28. The van der Waals surface area contributed by atoms with Crippen molar-refractivity contribution in [3.8, 4) is 10.6 Å². The Morgan fingerprint density at radius 2 is 1.96 bits per heavy atom. The van der Waals surface area contributed by atoms with Crippen LogP contribution in [-0.2, 0) is 16.6 Å². The molecule has 0 atom stereocenters. The molecule has 3 aromatic rings. The van der Waals surface area contributed by atoms with E-state index in [1.54, 1.807) is 36.5 Å². The molecule has 0 unspecified atom stereocenters. The van der Waals surface area contributed by atoms with E-state index < -0.39 is 10.0 Å². The Balaban J connectivity index is 1.39. The summed E-state index contributed by atoms with van der Waals surface area (Å²) in [6.07, 6.45) is 0. The number of rotatable bonds is 5. The van der Waals surface area contributed by atoms with Crippen molar-refractivity contribution in [2.75, 3.05) is 26.2 Å². The molecule has 1 aliphatic heterocycles. The lowest BCUT2D eigenvalue weighted by molar-refractivity contribution is 0.180. The van der Waals surface area contributed by atoms with Gasteiger partial charge in [0.05, 0.1) is 5.69 Å². The number of hydrogen-bond acceptors (Lipinski definition) is 8. The van der Waals surface area contributed by atoms with Crippen molar-refractivity contribution in [2.24, 2.45) is 0 Å². The molecule has 0 amide bonds. The van der Waals surface area contributed by atoms with Crippen molar-refractivity contribution in [1.82, 2.24) is 19.3 Å². The van der Waals surface area contributed by atoms with Gasteiger partial charge in [0.1, 0.15) is 15.6 Å². The van der Waals surface area contributed by atoms with Crippen LogP contribution in [0.25, 0.3) is 10.6 Å². The van der Waals surface area contributed by atoms with E-state index in [0.717, 1.165) is 22.8 Å². The summed E-state index contributed by atoms with van der Waals surface area (Å²) in [5, 5.41) is 11.0. The highest BCUT2D eigenvalue weighted by molar-refractivity contribution is 7.89. The first-order valence-electron chi connectivity index (χ1n) is 8.57. The molecule has 0 spiro atoms. The number of piperazine rings is 1. The van der Waals surface area contributed by atoms with Gasteiger partial charge in [-0.2, -0.15) is 15.6 Å². The van der Waals surface area contributed by atoms with E-state index in [1.165, 1.54) is 4.31 Å². The minimum absolute atomic E-state index is 0.204. The van der Waals surface area contributed by atoms with Crippen LogP contribution in [0.4, 0.5) is 0 Å². The normalized spacial score (nSPS) is 16.8. The number of aromatic nitrogens is 2. The number of nitrogens with zero attached hydrogens (tertiary/aromatic N) is 4. The van der Waals surface area contributed by atoms with Crippen molar-refractivity contribution >= 4 is 32.7 Å². The Morgan fingerprint density at radius 3 is 2.59 bits per heavy atom. The Kier molecular flexibility index (Phi) is 5.17. The predicted molar refractivity (Wildman–Crippen MR) is 105 cm³/mol. The van der Waals surface area contributed by atoms with E-state index in [4.69, 9.17) is 9.51 Å². The maximum Gasteiger partial charge on any atom is 0.248 e. The third kappa shape index (κ3) is 3.72. The molecule has 0 bridgehead atoms. The summed E-state index contributed by atoms with van der Waals surface area (Å²) in [7, 11) is -3.56. The molecule has 0 aromatic carbocycles. The molecule has 1 aliphatic rings. The van der Waals surface area contributed by atoms with Crippen molar-refractivity contribution in [2.45, 2.75) is 25.3 Å². The molecule has 27 heavy (non-hydrogen) atoms. The van der Waals surface area contributed by atoms with Gasteiger partial charge in [0.2, 0.25) is 10.0 Å². The second-order valence-corrected chi connectivity index (χ2v) is 10.0. The van der Waals surface area contributed by atoms with Gasteiger partial charge >= 0.3 is 0 Å². The molecule has 1 fully saturated rings. The monoisotopic (exact) mass is 424 g/mol. The molecule has 7 nitrogen and oxygen atoms in total. The highest BCUT2D eigenvalue weighted by atomic mass is 32.2. The standard InChI is InChI=1S/C17H20N4O3S3/c1-12-16(13(2)24-19-12)27(22,23)21-6-4-20(5-7-21)9-15-11-26-17(18-15)14-3-8-25-10-14/h3,8,10-11H,4-7,9H2,1-2H3. The average molecular weight is 425 g/mol. The summed E-state index contributed by atoms with van der Waals surface area (Å²) >= 11 is 3.31. The van der Waals surface area contributed by atoms with Crippen LogP contribution in [0.2, 0.25) is 0 Å². The lowest BCUT2D eigenvalue weighted by atomic mass is 10.3. The van der Waals surface area contributed by atoms with Gasteiger partial charge in [0, 0.05) is 49.0 Å². The quantitative estimate of drug-likeness (QED) is 0.626. The molecule has 4 heterocycles. The number of thiophene rings is 1. The summed E-state index contributed by atoms with van der Waals surface area (Å²) < 4.78 is 32.3. The molecule has 3 aromatic heterocycles. The van der Waals surface area contributed by atoms with Gasteiger partial charge in [-0.25, -0.2) is 13.4 Å². The van der Waals surface area contributed by atoms with Gasteiger partial charge < -0.3 is 4.52 Å². The zero-order valence-corrected chi connectivity index (χ0v) is 17.5. The van der Waals surface area contributed by atoms with Crippen LogP contribution < -0.4 is 0 Å². The highest BCUT2D eigenvalue weighted by Crippen LogP contribution is 2.27. The van der Waals surface area contributed by atoms with Crippen molar-refractivity contribution in [1.29, 1.82) is 0 Å². The Bertz CT molecular complexity index is 996. The Labute approximate surface area is 166 Å². The minimum Gasteiger partial charge on any atom is -0.360 e. The number of sulfonamides is 1. The molecule has 4 rings (SSSR count). The molecule has 0 radical (unpaired) electrons. The Morgan fingerprint density at radius 1 is 1.19 bits per heavy atom. The van der Waals surface area contributed by atoms with Crippen LogP contribution in [0.1, 0.15) is 17.1 Å². The smallest absolute Gasteiger partial charge is 0.248 e. The van der Waals surface area contributed by atoms with Gasteiger partial charge in [0.25, 0.3) is 0 Å². The predicted octanol–water partition coefficient (Wildman–Crippen LogP) is 2.98. The second-order valence-electron chi connectivity index (χ2n) is 6.49. The zero-order chi connectivity index (χ0) is 19.0. The lowest BCUT2D eigenvalue weighted by Crippen LogP contribution is -2.48. The summed E-state index contributed by atoms with van der Waals surface area (Å²) in [5.74, 6) is 0.346. The topological polar surface area (TPSA) is 79.5 Å². The third-order valence-electron chi connectivity index (χ3n) is 4.60. The van der Waals surface area contributed by atoms with Gasteiger partial charge in [-0.1, -0.05) is 5.16 Å². The van der Waals surface area contributed by atoms with Crippen LogP contribution in [0, 0.1) is 13.8 Å². The number of thiazole rings is 1. The van der Waals surface area contributed by atoms with Crippen molar-refractivity contribution < 1.29 is 12.9 Å². The summed E-state index contributed by atoms with van der Waals surface area (Å²) in [6, 6.07) is 2.08. The van der Waals surface area contributed by atoms with Gasteiger partial charge in [-0.15, -0.1) is 11.3 Å². The molecule has 144 valence electrons. The number of hydrogen-bond donors (Lipinski definition) is 0. The molecule has 0 N–H and O–H groups in total. The summed E-state index contributed by atoms with van der Waals surface area (Å²) in [4.78, 5) is 7.16. The van der Waals surface area contributed by atoms with Crippen molar-refractivity contribution in [3.05, 3.63) is 39.4 Å². The molecule has 1 saturated heterocycles. The number of aryl methyl sites for hydroxylation is 2. The van der Waals surface area contributed by atoms with E-state index >= 15 is 0 Å². The SMILES string of the molecule is Cc1noc(C)c1S(=O)(=O)N1CCN(Cc2csc(-c3ccsc3)n2)CC1. The van der Waals surface area contributed by atoms with Gasteiger partial charge in [0.15, 0.2) is 5.76 Å². The van der Waals surface area contributed by atoms with Crippen LogP contribution in [-0.4, -0.2) is 53.9 Å². The van der Waals surface area contributed by atoms with Gasteiger partial charge in [-0.3, -0.25) is 4.90 Å². The fourth-order valence-corrected chi connectivity index (χ4v) is 6.46. The van der Waals surface area contributed by atoms with E-state index in [-0.39, 0.29) is 4.90 Å². The molecule has 0 aliphatic carbocycles. The van der Waals surface area contributed by atoms with E-state index in [1.807, 2.05) is 0 Å². The third-order valence-corrected chi connectivity index (χ3v) is 8.37. The molecular weight excluding hydrogens is 404 g/mol. The van der Waals surface area contributed by atoms with Crippen LogP contribution in [0.5, 0.6) is 0 Å². The van der Waals surface area contributed by atoms with E-state index in [0.29, 0.717) is 37.6 Å². The highest BCUT2D eigenvalue weighted by Gasteiger charge is 2.33. The van der Waals surface area contributed by atoms with E-state index in [9.17, 15) is 8.42 Å². The average Bonchev–Trinajstić information content (AvgIpc) is 3.37. The van der Waals surface area contributed by atoms with E-state index in [2.05, 4.69) is 32.3 Å². The molecular formula is C17H20N4O3S3. The fourth-order valence-electron chi connectivity index (χ4n) is 3.23. The largest absolute Gasteiger partial charge is 0.360 e. The maximum absolute atomic E-state index is 12.9.